The molecule has 0 bridgehead atoms. The van der Waals surface area contributed by atoms with E-state index in [9.17, 15) is 4.79 Å². The summed E-state index contributed by atoms with van der Waals surface area (Å²) >= 11 is 9.92. The number of carbonyl (C=O) groups is 1. The molecule has 1 aliphatic rings. The molecule has 0 N–H and O–H groups in total. The molecule has 6 heteroatoms. The number of rotatable bonds is 3. The number of furan rings is 1. The standard InChI is InChI=1S/C16H12BrNO2S2/c1-2-18-15(19)14(22-16(18)21)9-12-7-8-13(20-12)10-3-5-11(17)6-4-10/h3-9H,2H2,1H3/b14-9-. The Balaban J connectivity index is 1.86. The van der Waals surface area contributed by atoms with E-state index < -0.39 is 0 Å². The van der Waals surface area contributed by atoms with Crippen LogP contribution in [0, 0.1) is 0 Å². The lowest BCUT2D eigenvalue weighted by Gasteiger charge is -2.09. The number of halogens is 1. The van der Waals surface area contributed by atoms with Crippen LogP contribution in [-0.2, 0) is 4.79 Å². The summed E-state index contributed by atoms with van der Waals surface area (Å²) in [6, 6.07) is 11.6. The molecule has 0 unspecified atom stereocenters. The van der Waals surface area contributed by atoms with Crippen LogP contribution in [0.5, 0.6) is 0 Å². The summed E-state index contributed by atoms with van der Waals surface area (Å²) in [6.07, 6.45) is 1.75. The predicted octanol–water partition coefficient (Wildman–Crippen LogP) is 4.93. The van der Waals surface area contributed by atoms with Gasteiger partial charge in [0.05, 0.1) is 4.91 Å². The Kier molecular flexibility index (Phi) is 4.52. The van der Waals surface area contributed by atoms with Gasteiger partial charge in [0.15, 0.2) is 0 Å². The monoisotopic (exact) mass is 393 g/mol. The van der Waals surface area contributed by atoms with Crippen LogP contribution in [0.1, 0.15) is 12.7 Å². The first-order chi connectivity index (χ1) is 10.6. The average molecular weight is 394 g/mol. The molecule has 1 aromatic carbocycles. The number of carbonyl (C=O) groups excluding carboxylic acids is 1. The Hall–Kier alpha value is -1.37. The van der Waals surface area contributed by atoms with Crippen molar-refractivity contribution in [1.82, 2.24) is 4.90 Å². The van der Waals surface area contributed by atoms with Crippen molar-refractivity contribution in [2.75, 3.05) is 6.54 Å². The van der Waals surface area contributed by atoms with Gasteiger partial charge in [-0.3, -0.25) is 9.69 Å². The fourth-order valence-electron chi connectivity index (χ4n) is 2.10. The summed E-state index contributed by atoms with van der Waals surface area (Å²) in [5, 5.41) is 0. The number of likely N-dealkylation sites (N-methyl/N-ethyl adjacent to an activating group) is 1. The van der Waals surface area contributed by atoms with Gasteiger partial charge in [-0.25, -0.2) is 0 Å². The topological polar surface area (TPSA) is 33.5 Å². The van der Waals surface area contributed by atoms with E-state index >= 15 is 0 Å². The van der Waals surface area contributed by atoms with Crippen molar-refractivity contribution in [2.24, 2.45) is 0 Å². The maximum atomic E-state index is 12.2. The van der Waals surface area contributed by atoms with Gasteiger partial charge in [0.25, 0.3) is 5.91 Å². The van der Waals surface area contributed by atoms with Crippen molar-refractivity contribution < 1.29 is 9.21 Å². The highest BCUT2D eigenvalue weighted by Gasteiger charge is 2.30. The van der Waals surface area contributed by atoms with Crippen molar-refractivity contribution in [3.8, 4) is 11.3 Å². The lowest BCUT2D eigenvalue weighted by atomic mass is 10.2. The van der Waals surface area contributed by atoms with Crippen molar-refractivity contribution in [3.63, 3.8) is 0 Å². The highest BCUT2D eigenvalue weighted by Crippen LogP contribution is 2.33. The summed E-state index contributed by atoms with van der Waals surface area (Å²) in [6.45, 7) is 2.50. The first-order valence-electron chi connectivity index (χ1n) is 6.69. The molecule has 22 heavy (non-hydrogen) atoms. The largest absolute Gasteiger partial charge is 0.457 e. The second kappa shape index (κ2) is 6.40. The molecular formula is C16H12BrNO2S2. The van der Waals surface area contributed by atoms with E-state index in [4.69, 9.17) is 16.6 Å². The number of hydrogen-bond donors (Lipinski definition) is 0. The lowest BCUT2D eigenvalue weighted by Crippen LogP contribution is -2.27. The summed E-state index contributed by atoms with van der Waals surface area (Å²) in [7, 11) is 0. The summed E-state index contributed by atoms with van der Waals surface area (Å²) in [4.78, 5) is 14.4. The quantitative estimate of drug-likeness (QED) is 0.546. The van der Waals surface area contributed by atoms with E-state index in [1.165, 1.54) is 11.8 Å². The van der Waals surface area contributed by atoms with Crippen molar-refractivity contribution in [3.05, 3.63) is 51.5 Å². The number of amides is 1. The minimum atomic E-state index is -0.0564. The molecule has 1 aromatic heterocycles. The van der Waals surface area contributed by atoms with Crippen LogP contribution in [0.2, 0.25) is 0 Å². The zero-order chi connectivity index (χ0) is 15.7. The fraction of sp³-hybridized carbons (Fsp3) is 0.125. The number of nitrogens with zero attached hydrogens (tertiary/aromatic N) is 1. The smallest absolute Gasteiger partial charge is 0.266 e. The van der Waals surface area contributed by atoms with Gasteiger partial charge in [-0.1, -0.05) is 52.0 Å². The van der Waals surface area contributed by atoms with E-state index in [-0.39, 0.29) is 5.91 Å². The molecule has 2 heterocycles. The van der Waals surface area contributed by atoms with Gasteiger partial charge >= 0.3 is 0 Å². The van der Waals surface area contributed by atoms with Crippen LogP contribution in [-0.4, -0.2) is 21.7 Å². The fourth-order valence-corrected chi connectivity index (χ4v) is 3.73. The minimum absolute atomic E-state index is 0.0564. The number of thiocarbonyl (C=S) groups is 1. The Bertz CT molecular complexity index is 765. The van der Waals surface area contributed by atoms with E-state index in [0.717, 1.165) is 15.8 Å². The first-order valence-corrected chi connectivity index (χ1v) is 8.71. The van der Waals surface area contributed by atoms with Crippen molar-refractivity contribution in [2.45, 2.75) is 6.92 Å². The van der Waals surface area contributed by atoms with Crippen LogP contribution >= 0.6 is 39.9 Å². The van der Waals surface area contributed by atoms with E-state index in [0.29, 0.717) is 21.5 Å². The third kappa shape index (κ3) is 3.04. The van der Waals surface area contributed by atoms with E-state index in [1.807, 2.05) is 43.3 Å². The van der Waals surface area contributed by atoms with Crippen LogP contribution < -0.4 is 0 Å². The number of benzene rings is 1. The zero-order valence-electron chi connectivity index (χ0n) is 11.7. The van der Waals surface area contributed by atoms with Gasteiger partial charge < -0.3 is 4.42 Å². The maximum absolute atomic E-state index is 12.2. The molecule has 1 saturated heterocycles. The third-order valence-electron chi connectivity index (χ3n) is 3.22. The molecule has 3 rings (SSSR count). The molecule has 0 aliphatic carbocycles. The maximum Gasteiger partial charge on any atom is 0.266 e. The normalized spacial score (nSPS) is 16.8. The molecule has 1 aliphatic heterocycles. The second-order valence-electron chi connectivity index (χ2n) is 4.63. The minimum Gasteiger partial charge on any atom is -0.457 e. The summed E-state index contributed by atoms with van der Waals surface area (Å²) < 4.78 is 7.42. The predicted molar refractivity (Wildman–Crippen MR) is 97.4 cm³/mol. The molecular weight excluding hydrogens is 382 g/mol. The Morgan fingerprint density at radius 1 is 1.27 bits per heavy atom. The van der Waals surface area contributed by atoms with Crippen molar-refractivity contribution in [1.29, 1.82) is 0 Å². The number of thioether (sulfide) groups is 1. The highest BCUT2D eigenvalue weighted by molar-refractivity contribution is 9.10. The Morgan fingerprint density at radius 2 is 2.00 bits per heavy atom. The van der Waals surface area contributed by atoms with Gasteiger partial charge in [-0.15, -0.1) is 0 Å². The van der Waals surface area contributed by atoms with Crippen molar-refractivity contribution >= 4 is 56.2 Å². The van der Waals surface area contributed by atoms with E-state index in [2.05, 4.69) is 15.9 Å². The SMILES string of the molecule is CCN1C(=O)/C(=C/c2ccc(-c3ccc(Br)cc3)o2)SC1=S. The molecule has 3 nitrogen and oxygen atoms in total. The van der Waals surface area contributed by atoms with Crippen LogP contribution in [0.25, 0.3) is 17.4 Å². The molecule has 2 aromatic rings. The van der Waals surface area contributed by atoms with Gasteiger partial charge in [-0.2, -0.15) is 0 Å². The first kappa shape index (κ1) is 15.5. The molecule has 112 valence electrons. The molecule has 0 spiro atoms. The van der Waals surface area contributed by atoms with E-state index in [1.54, 1.807) is 11.0 Å². The average Bonchev–Trinajstić information content (AvgIpc) is 3.06. The summed E-state index contributed by atoms with van der Waals surface area (Å²) in [5.41, 5.74) is 0.990. The van der Waals surface area contributed by atoms with Crippen LogP contribution in [0.15, 0.2) is 50.2 Å². The highest BCUT2D eigenvalue weighted by atomic mass is 79.9. The number of hydrogen-bond acceptors (Lipinski definition) is 4. The third-order valence-corrected chi connectivity index (χ3v) is 5.13. The van der Waals surface area contributed by atoms with Crippen LogP contribution in [0.4, 0.5) is 0 Å². The Labute approximate surface area is 146 Å². The Morgan fingerprint density at radius 3 is 2.64 bits per heavy atom. The summed E-state index contributed by atoms with van der Waals surface area (Å²) in [5.74, 6) is 1.36. The molecule has 0 atom stereocenters. The molecule has 0 radical (unpaired) electrons. The molecule has 1 fully saturated rings. The zero-order valence-corrected chi connectivity index (χ0v) is 14.9. The van der Waals surface area contributed by atoms with Gasteiger partial charge in [0, 0.05) is 22.7 Å². The second-order valence-corrected chi connectivity index (χ2v) is 7.23. The molecule has 1 amide bonds. The lowest BCUT2D eigenvalue weighted by molar-refractivity contribution is -0.121. The van der Waals surface area contributed by atoms with Gasteiger partial charge in [-0.05, 0) is 31.2 Å². The van der Waals surface area contributed by atoms with Gasteiger partial charge in [0.1, 0.15) is 15.8 Å². The van der Waals surface area contributed by atoms with Gasteiger partial charge in [0.2, 0.25) is 0 Å². The van der Waals surface area contributed by atoms with Crippen LogP contribution in [0.3, 0.4) is 0 Å². The molecule has 0 saturated carbocycles.